The molecule has 2 N–H and O–H groups in total. The molecule has 0 aromatic heterocycles. The Hall–Kier alpha value is -0.570. The van der Waals surface area contributed by atoms with Gasteiger partial charge in [-0.3, -0.25) is 4.99 Å². The van der Waals surface area contributed by atoms with Crippen LogP contribution in [0.4, 0.5) is 0 Å². The first kappa shape index (κ1) is 9.00. The molecule has 1 unspecified atom stereocenters. The average molecular weight is 181 g/mol. The number of nitrogens with two attached hydrogens (primary N) is 1. The summed E-state index contributed by atoms with van der Waals surface area (Å²) in [5.74, 6) is 1.55. The van der Waals surface area contributed by atoms with E-state index in [1.807, 2.05) is 0 Å². The van der Waals surface area contributed by atoms with Crippen LogP contribution in [0.25, 0.3) is 0 Å². The van der Waals surface area contributed by atoms with Gasteiger partial charge in [0.15, 0.2) is 0 Å². The maximum absolute atomic E-state index is 5.89. The summed E-state index contributed by atoms with van der Waals surface area (Å²) in [6.07, 6.45) is 5.01. The number of likely N-dealkylation sites (N-methyl/N-ethyl adjacent to an activating group) is 1. The highest BCUT2D eigenvalue weighted by Crippen LogP contribution is 2.29. The molecule has 0 amide bonds. The molecular formula is C10H19N3. The Morgan fingerprint density at radius 1 is 1.38 bits per heavy atom. The van der Waals surface area contributed by atoms with Crippen LogP contribution in [-0.2, 0) is 0 Å². The molecule has 1 aliphatic carbocycles. The van der Waals surface area contributed by atoms with Crippen molar-refractivity contribution < 1.29 is 0 Å². The molecule has 0 radical (unpaired) electrons. The van der Waals surface area contributed by atoms with E-state index in [4.69, 9.17) is 5.73 Å². The summed E-state index contributed by atoms with van der Waals surface area (Å²) in [5, 5.41) is 0. The van der Waals surface area contributed by atoms with Gasteiger partial charge in [-0.2, -0.15) is 0 Å². The molecule has 1 heterocycles. The zero-order valence-corrected chi connectivity index (χ0v) is 8.37. The van der Waals surface area contributed by atoms with E-state index in [1.54, 1.807) is 0 Å². The van der Waals surface area contributed by atoms with Gasteiger partial charge < -0.3 is 10.6 Å². The minimum atomic E-state index is 0.472. The number of rotatable bonds is 2. The Kier molecular flexibility index (Phi) is 2.54. The molecule has 3 nitrogen and oxygen atoms in total. The van der Waals surface area contributed by atoms with Gasteiger partial charge in [0.2, 0.25) is 0 Å². The van der Waals surface area contributed by atoms with E-state index in [-0.39, 0.29) is 0 Å². The number of hydrogen-bond donors (Lipinski definition) is 1. The molecule has 0 bridgehead atoms. The van der Waals surface area contributed by atoms with Crippen molar-refractivity contribution in [2.45, 2.75) is 31.7 Å². The third-order valence-corrected chi connectivity index (χ3v) is 2.93. The maximum atomic E-state index is 5.89. The van der Waals surface area contributed by atoms with Crippen LogP contribution in [0.5, 0.6) is 0 Å². The number of aliphatic imine (C=N–C) groups is 1. The van der Waals surface area contributed by atoms with E-state index in [2.05, 4.69) is 16.9 Å². The normalized spacial score (nSPS) is 32.1. The molecule has 2 aliphatic rings. The summed E-state index contributed by atoms with van der Waals surface area (Å²) in [5.41, 5.74) is 5.89. The van der Waals surface area contributed by atoms with Gasteiger partial charge in [-0.1, -0.05) is 0 Å². The second-order valence-electron chi connectivity index (χ2n) is 4.39. The lowest BCUT2D eigenvalue weighted by Gasteiger charge is -2.27. The minimum absolute atomic E-state index is 0.472. The number of likely N-dealkylation sites (tertiary alicyclic amines) is 1. The van der Waals surface area contributed by atoms with Crippen molar-refractivity contribution >= 4 is 5.84 Å². The zero-order valence-electron chi connectivity index (χ0n) is 8.37. The number of hydrogen-bond acceptors (Lipinski definition) is 2. The largest absolute Gasteiger partial charge is 0.387 e. The predicted molar refractivity (Wildman–Crippen MR) is 54.9 cm³/mol. The molecule has 1 atom stereocenters. The highest BCUT2D eigenvalue weighted by Gasteiger charge is 2.26. The average Bonchev–Trinajstić information content (AvgIpc) is 2.85. The summed E-state index contributed by atoms with van der Waals surface area (Å²) in [7, 11) is 2.16. The molecule has 3 heteroatoms. The van der Waals surface area contributed by atoms with Crippen LogP contribution in [0, 0.1) is 5.92 Å². The molecular weight excluding hydrogens is 162 g/mol. The molecule has 2 fully saturated rings. The van der Waals surface area contributed by atoms with Crippen LogP contribution in [0.15, 0.2) is 4.99 Å². The third kappa shape index (κ3) is 2.44. The van der Waals surface area contributed by atoms with Crippen LogP contribution in [0.1, 0.15) is 25.7 Å². The van der Waals surface area contributed by atoms with Crippen LogP contribution < -0.4 is 5.73 Å². The molecule has 1 aliphatic heterocycles. The van der Waals surface area contributed by atoms with Crippen LogP contribution in [0.3, 0.4) is 0 Å². The van der Waals surface area contributed by atoms with E-state index in [0.29, 0.717) is 12.0 Å². The van der Waals surface area contributed by atoms with Crippen molar-refractivity contribution in [2.75, 3.05) is 20.1 Å². The van der Waals surface area contributed by atoms with Gasteiger partial charge in [-0.25, -0.2) is 0 Å². The molecule has 74 valence electrons. The van der Waals surface area contributed by atoms with Gasteiger partial charge in [-0.05, 0) is 39.3 Å². The molecule has 1 saturated heterocycles. The fraction of sp³-hybridized carbons (Fsp3) is 0.900. The number of amidine groups is 1. The molecule has 0 aromatic rings. The van der Waals surface area contributed by atoms with E-state index in [1.165, 1.54) is 32.2 Å². The van der Waals surface area contributed by atoms with Crippen LogP contribution >= 0.6 is 0 Å². The SMILES string of the molecule is CN1CCCC(N=C(N)C2CC2)C1. The topological polar surface area (TPSA) is 41.6 Å². The lowest BCUT2D eigenvalue weighted by Crippen LogP contribution is -2.35. The molecule has 0 spiro atoms. The predicted octanol–water partition coefficient (Wildman–Crippen LogP) is 0.848. The lowest BCUT2D eigenvalue weighted by atomic mass is 10.1. The fourth-order valence-corrected chi connectivity index (χ4v) is 1.94. The molecule has 1 saturated carbocycles. The summed E-state index contributed by atoms with van der Waals surface area (Å²) in [6, 6.07) is 0.472. The van der Waals surface area contributed by atoms with E-state index in [9.17, 15) is 0 Å². The Bertz CT molecular complexity index is 208. The summed E-state index contributed by atoms with van der Waals surface area (Å²) in [4.78, 5) is 6.95. The van der Waals surface area contributed by atoms with Gasteiger partial charge >= 0.3 is 0 Å². The fourth-order valence-electron chi connectivity index (χ4n) is 1.94. The first-order valence-electron chi connectivity index (χ1n) is 5.27. The van der Waals surface area contributed by atoms with Crippen molar-refractivity contribution in [2.24, 2.45) is 16.6 Å². The monoisotopic (exact) mass is 181 g/mol. The Labute approximate surface area is 80.0 Å². The zero-order chi connectivity index (χ0) is 9.26. The van der Waals surface area contributed by atoms with Crippen molar-refractivity contribution in [3.63, 3.8) is 0 Å². The maximum Gasteiger partial charge on any atom is 0.0972 e. The van der Waals surface area contributed by atoms with Gasteiger partial charge in [0.05, 0.1) is 11.9 Å². The molecule has 2 rings (SSSR count). The van der Waals surface area contributed by atoms with Crippen molar-refractivity contribution in [3.8, 4) is 0 Å². The standard InChI is InChI=1S/C10H19N3/c1-13-6-2-3-9(7-13)12-10(11)8-4-5-8/h8-9H,2-7H2,1H3,(H2,11,12). The number of piperidine rings is 1. The third-order valence-electron chi connectivity index (χ3n) is 2.93. The van der Waals surface area contributed by atoms with Crippen molar-refractivity contribution in [3.05, 3.63) is 0 Å². The Morgan fingerprint density at radius 2 is 2.15 bits per heavy atom. The highest BCUT2D eigenvalue weighted by atomic mass is 15.1. The summed E-state index contributed by atoms with van der Waals surface area (Å²) in [6.45, 7) is 2.31. The molecule has 13 heavy (non-hydrogen) atoms. The lowest BCUT2D eigenvalue weighted by molar-refractivity contribution is 0.252. The van der Waals surface area contributed by atoms with E-state index in [0.717, 1.165) is 12.4 Å². The van der Waals surface area contributed by atoms with Crippen LogP contribution in [0.2, 0.25) is 0 Å². The Balaban J connectivity index is 1.88. The second kappa shape index (κ2) is 3.66. The van der Waals surface area contributed by atoms with Gasteiger partial charge in [0.1, 0.15) is 0 Å². The number of nitrogens with zero attached hydrogens (tertiary/aromatic N) is 2. The van der Waals surface area contributed by atoms with Crippen LogP contribution in [-0.4, -0.2) is 36.9 Å². The first-order valence-corrected chi connectivity index (χ1v) is 5.27. The summed E-state index contributed by atoms with van der Waals surface area (Å²) < 4.78 is 0. The van der Waals surface area contributed by atoms with Crippen molar-refractivity contribution in [1.29, 1.82) is 0 Å². The quantitative estimate of drug-likeness (QED) is 0.507. The minimum Gasteiger partial charge on any atom is -0.387 e. The molecule has 0 aromatic carbocycles. The van der Waals surface area contributed by atoms with E-state index < -0.39 is 0 Å². The smallest absolute Gasteiger partial charge is 0.0972 e. The second-order valence-corrected chi connectivity index (χ2v) is 4.39. The van der Waals surface area contributed by atoms with Gasteiger partial charge in [-0.15, -0.1) is 0 Å². The Morgan fingerprint density at radius 3 is 2.77 bits per heavy atom. The van der Waals surface area contributed by atoms with Crippen molar-refractivity contribution in [1.82, 2.24) is 4.90 Å². The first-order chi connectivity index (χ1) is 6.25. The summed E-state index contributed by atoms with van der Waals surface area (Å²) >= 11 is 0. The van der Waals surface area contributed by atoms with E-state index >= 15 is 0 Å². The van der Waals surface area contributed by atoms with Gasteiger partial charge in [0, 0.05) is 12.5 Å². The highest BCUT2D eigenvalue weighted by molar-refractivity contribution is 5.85. The van der Waals surface area contributed by atoms with Gasteiger partial charge in [0.25, 0.3) is 0 Å².